The molecule has 8 nitrogen and oxygen atoms in total. The largest absolute Gasteiger partial charge is 0.465 e. The van der Waals surface area contributed by atoms with Crippen LogP contribution in [-0.2, 0) is 9.53 Å². The molecule has 0 saturated carbocycles. The summed E-state index contributed by atoms with van der Waals surface area (Å²) in [5.41, 5.74) is 7.46. The van der Waals surface area contributed by atoms with E-state index in [1.54, 1.807) is 12.1 Å². The molecule has 0 spiro atoms. The zero-order chi connectivity index (χ0) is 24.4. The van der Waals surface area contributed by atoms with Crippen LogP contribution in [0.4, 0.5) is 5.69 Å². The molecule has 2 heterocycles. The minimum absolute atomic E-state index is 0.163. The summed E-state index contributed by atoms with van der Waals surface area (Å²) in [4.78, 5) is 25.3. The number of esters is 1. The first-order chi connectivity index (χ1) is 17.0. The second-order valence-electron chi connectivity index (χ2n) is 8.12. The molecule has 5 rings (SSSR count). The maximum Gasteiger partial charge on any atom is 0.337 e. The van der Waals surface area contributed by atoms with E-state index in [2.05, 4.69) is 20.9 Å². The van der Waals surface area contributed by atoms with E-state index >= 15 is 0 Å². The quantitative estimate of drug-likeness (QED) is 0.403. The number of rotatable bonds is 5. The molecular formula is C26H23N5O3S. The summed E-state index contributed by atoms with van der Waals surface area (Å²) < 4.78 is 6.63. The van der Waals surface area contributed by atoms with E-state index in [0.29, 0.717) is 16.5 Å². The van der Waals surface area contributed by atoms with Gasteiger partial charge in [0, 0.05) is 11.3 Å². The average Bonchev–Trinajstić information content (AvgIpc) is 3.32. The summed E-state index contributed by atoms with van der Waals surface area (Å²) in [6.07, 6.45) is 0. The summed E-state index contributed by atoms with van der Waals surface area (Å²) in [6.45, 7) is 2.00. The highest BCUT2D eigenvalue weighted by Crippen LogP contribution is 2.39. The van der Waals surface area contributed by atoms with Crippen molar-refractivity contribution < 1.29 is 14.3 Å². The van der Waals surface area contributed by atoms with Crippen molar-refractivity contribution in [1.82, 2.24) is 14.9 Å². The van der Waals surface area contributed by atoms with E-state index in [9.17, 15) is 9.59 Å². The number of amides is 1. The highest BCUT2D eigenvalue weighted by Gasteiger charge is 2.38. The van der Waals surface area contributed by atoms with Gasteiger partial charge in [0.2, 0.25) is 11.1 Å². The lowest BCUT2D eigenvalue weighted by Gasteiger charge is -2.33. The molecule has 9 heteroatoms. The Kier molecular flexibility index (Phi) is 6.24. The first-order valence-electron chi connectivity index (χ1n) is 11.0. The van der Waals surface area contributed by atoms with E-state index in [1.165, 1.54) is 18.9 Å². The molecule has 2 atom stereocenters. The van der Waals surface area contributed by atoms with Gasteiger partial charge < -0.3 is 15.5 Å². The van der Waals surface area contributed by atoms with Crippen molar-refractivity contribution in [3.05, 3.63) is 95.6 Å². The van der Waals surface area contributed by atoms with E-state index in [4.69, 9.17) is 4.74 Å². The van der Waals surface area contributed by atoms with Crippen molar-refractivity contribution in [1.29, 1.82) is 0 Å². The first kappa shape index (κ1) is 22.7. The van der Waals surface area contributed by atoms with Gasteiger partial charge in [-0.1, -0.05) is 71.9 Å². The van der Waals surface area contributed by atoms with Gasteiger partial charge in [-0.3, -0.25) is 4.79 Å². The van der Waals surface area contributed by atoms with Crippen LogP contribution in [0.25, 0.3) is 11.4 Å². The number of carbonyl (C=O) groups is 2. The Morgan fingerprint density at radius 2 is 1.69 bits per heavy atom. The Labute approximate surface area is 206 Å². The van der Waals surface area contributed by atoms with Crippen molar-refractivity contribution in [3.63, 3.8) is 0 Å². The fourth-order valence-corrected chi connectivity index (χ4v) is 4.95. The van der Waals surface area contributed by atoms with Gasteiger partial charge in [0.05, 0.1) is 18.7 Å². The molecule has 0 fully saturated rings. The minimum Gasteiger partial charge on any atom is -0.465 e. The molecule has 1 amide bonds. The second kappa shape index (κ2) is 9.63. The van der Waals surface area contributed by atoms with Crippen LogP contribution in [0.1, 0.15) is 27.5 Å². The third kappa shape index (κ3) is 4.63. The second-order valence-corrected chi connectivity index (χ2v) is 9.23. The first-order valence-corrected chi connectivity index (χ1v) is 11.9. The Hall–Kier alpha value is -4.11. The highest BCUT2D eigenvalue weighted by molar-refractivity contribution is 8.00. The number of aromatic nitrogens is 3. The Bertz CT molecular complexity index is 1350. The normalized spacial score (nSPS) is 16.6. The van der Waals surface area contributed by atoms with Crippen LogP contribution in [0.5, 0.6) is 0 Å². The number of hydrogen-bond acceptors (Lipinski definition) is 7. The molecular weight excluding hydrogens is 462 g/mol. The number of nitrogens with one attached hydrogen (secondary N) is 2. The molecule has 1 aliphatic rings. The van der Waals surface area contributed by atoms with Crippen molar-refractivity contribution >= 4 is 29.3 Å². The molecule has 0 bridgehead atoms. The number of anilines is 1. The van der Waals surface area contributed by atoms with Crippen LogP contribution >= 0.6 is 11.8 Å². The minimum atomic E-state index is -0.541. The number of hydrogen-bond donors (Lipinski definition) is 2. The van der Waals surface area contributed by atoms with E-state index < -0.39 is 17.3 Å². The smallest absolute Gasteiger partial charge is 0.337 e. The number of thioether (sulfide) groups is 1. The lowest BCUT2D eigenvalue weighted by molar-refractivity contribution is -0.116. The number of ether oxygens (including phenoxy) is 1. The number of nitrogens with zero attached hydrogens (tertiary/aromatic N) is 3. The predicted molar refractivity (Wildman–Crippen MR) is 135 cm³/mol. The molecule has 2 N–H and O–H groups in total. The van der Waals surface area contributed by atoms with Crippen LogP contribution < -0.4 is 10.7 Å². The fourth-order valence-electron chi connectivity index (χ4n) is 3.87. The third-order valence-electron chi connectivity index (χ3n) is 5.74. The van der Waals surface area contributed by atoms with Crippen molar-refractivity contribution in [2.45, 2.75) is 23.4 Å². The molecule has 0 saturated heterocycles. The van der Waals surface area contributed by atoms with Crippen LogP contribution in [0.15, 0.2) is 84.0 Å². The zero-order valence-electron chi connectivity index (χ0n) is 19.1. The number of carbonyl (C=O) groups excluding carboxylic acids is 2. The summed E-state index contributed by atoms with van der Waals surface area (Å²) in [5, 5.41) is 11.8. The topological polar surface area (TPSA) is 98.1 Å². The summed E-state index contributed by atoms with van der Waals surface area (Å²) in [7, 11) is 1.35. The molecule has 4 aromatic rings. The standard InChI is InChI=1S/C26H23N5O3S/c1-16-8-14-20(15-9-16)27-24(32)22-21(17-10-12-19(13-11-17)25(33)34-2)30-31-23(28-29-26(31)35-22)18-6-4-3-5-7-18/h3-15,21-22,30H,1-2H3,(H,27,32)/t21-,22+/m1/s1. The molecule has 0 unspecified atom stereocenters. The zero-order valence-corrected chi connectivity index (χ0v) is 20.0. The molecule has 176 valence electrons. The molecule has 0 radical (unpaired) electrons. The number of benzene rings is 3. The summed E-state index contributed by atoms with van der Waals surface area (Å²) in [6, 6.07) is 24.0. The number of fused-ring (bicyclic) bond motifs is 1. The third-order valence-corrected chi connectivity index (χ3v) is 6.95. The van der Waals surface area contributed by atoms with Gasteiger partial charge in [-0.15, -0.1) is 10.2 Å². The molecule has 1 aliphatic heterocycles. The van der Waals surface area contributed by atoms with E-state index in [-0.39, 0.29) is 5.91 Å². The number of aryl methyl sites for hydroxylation is 1. The van der Waals surface area contributed by atoms with Crippen LogP contribution in [0, 0.1) is 6.92 Å². The van der Waals surface area contributed by atoms with Gasteiger partial charge in [-0.05, 0) is 36.8 Å². The lowest BCUT2D eigenvalue weighted by Crippen LogP contribution is -2.41. The monoisotopic (exact) mass is 485 g/mol. The van der Waals surface area contributed by atoms with Gasteiger partial charge in [0.15, 0.2) is 5.82 Å². The summed E-state index contributed by atoms with van der Waals surface area (Å²) >= 11 is 1.34. The molecule has 3 aromatic carbocycles. The van der Waals surface area contributed by atoms with Gasteiger partial charge in [0.1, 0.15) is 5.25 Å². The van der Waals surface area contributed by atoms with Gasteiger partial charge in [-0.25, -0.2) is 9.47 Å². The van der Waals surface area contributed by atoms with Crippen LogP contribution in [0.3, 0.4) is 0 Å². The van der Waals surface area contributed by atoms with E-state index in [1.807, 2.05) is 78.3 Å². The van der Waals surface area contributed by atoms with Gasteiger partial charge >= 0.3 is 5.97 Å². The Morgan fingerprint density at radius 1 is 0.971 bits per heavy atom. The molecule has 1 aromatic heterocycles. The number of methoxy groups -OCH3 is 1. The average molecular weight is 486 g/mol. The van der Waals surface area contributed by atoms with Crippen molar-refractivity contribution in [2.75, 3.05) is 17.9 Å². The van der Waals surface area contributed by atoms with Crippen molar-refractivity contribution in [3.8, 4) is 11.4 Å². The maximum absolute atomic E-state index is 13.4. The maximum atomic E-state index is 13.4. The predicted octanol–water partition coefficient (Wildman–Crippen LogP) is 4.44. The van der Waals surface area contributed by atoms with Gasteiger partial charge in [-0.2, -0.15) is 0 Å². The van der Waals surface area contributed by atoms with Crippen molar-refractivity contribution in [2.24, 2.45) is 0 Å². The Morgan fingerprint density at radius 3 is 2.37 bits per heavy atom. The summed E-state index contributed by atoms with van der Waals surface area (Å²) in [5.74, 6) is 0.0780. The van der Waals surface area contributed by atoms with E-state index in [0.717, 1.165) is 22.4 Å². The lowest BCUT2D eigenvalue weighted by atomic mass is 10.0. The Balaban J connectivity index is 1.50. The van der Waals surface area contributed by atoms with Gasteiger partial charge in [0.25, 0.3) is 0 Å². The fraction of sp³-hybridized carbons (Fsp3) is 0.154. The molecule has 35 heavy (non-hydrogen) atoms. The van der Waals surface area contributed by atoms with Crippen LogP contribution in [-0.4, -0.2) is 39.1 Å². The molecule has 0 aliphatic carbocycles. The van der Waals surface area contributed by atoms with Crippen LogP contribution in [0.2, 0.25) is 0 Å². The SMILES string of the molecule is COC(=O)c1ccc([C@H]2Nn3c(nnc3-c3ccccc3)S[C@@H]2C(=O)Nc2ccc(C)cc2)cc1. The highest BCUT2D eigenvalue weighted by atomic mass is 32.2.